The number of nitrogens with zero attached hydrogens (tertiary/aromatic N) is 1. The average Bonchev–Trinajstić information content (AvgIpc) is 3.29. The van der Waals surface area contributed by atoms with Crippen molar-refractivity contribution >= 4 is 11.9 Å². The molecule has 7 heteroatoms. The summed E-state index contributed by atoms with van der Waals surface area (Å²) in [6.45, 7) is 2.40. The Balaban J connectivity index is 0.000000243. The quantitative estimate of drug-likeness (QED) is 0.500. The zero-order valence-corrected chi connectivity index (χ0v) is 18.0. The topological polar surface area (TPSA) is 109 Å². The Morgan fingerprint density at radius 1 is 0.939 bits per heavy atom. The van der Waals surface area contributed by atoms with Crippen LogP contribution in [-0.2, 0) is 15.1 Å². The first-order chi connectivity index (χ1) is 16.0. The van der Waals surface area contributed by atoms with E-state index in [-0.39, 0.29) is 5.56 Å². The van der Waals surface area contributed by atoms with Gasteiger partial charge < -0.3 is 20.3 Å². The molecule has 0 amide bonds. The first-order valence-corrected chi connectivity index (χ1v) is 10.9. The van der Waals surface area contributed by atoms with Gasteiger partial charge in [-0.1, -0.05) is 60.7 Å². The molecule has 1 saturated carbocycles. The van der Waals surface area contributed by atoms with Gasteiger partial charge in [0.25, 0.3) is 0 Å². The molecule has 2 aliphatic rings. The molecule has 2 heterocycles. The molecule has 3 atom stereocenters. The van der Waals surface area contributed by atoms with E-state index in [9.17, 15) is 14.7 Å². The molecule has 5 rings (SSSR count). The van der Waals surface area contributed by atoms with E-state index < -0.39 is 17.5 Å². The van der Waals surface area contributed by atoms with Crippen molar-refractivity contribution in [1.29, 1.82) is 0 Å². The molecule has 33 heavy (non-hydrogen) atoms. The molecule has 0 radical (unpaired) electrons. The predicted octanol–water partition coefficient (Wildman–Crippen LogP) is 2.71. The van der Waals surface area contributed by atoms with E-state index >= 15 is 0 Å². The lowest BCUT2D eigenvalue weighted by Crippen LogP contribution is -2.39. The van der Waals surface area contributed by atoms with Gasteiger partial charge in [-0.2, -0.15) is 0 Å². The van der Waals surface area contributed by atoms with Crippen LogP contribution in [0, 0.1) is 17.8 Å². The van der Waals surface area contributed by atoms with Gasteiger partial charge in [-0.15, -0.1) is 0 Å². The average molecular weight is 447 g/mol. The number of carboxylic acids is 1. The minimum Gasteiger partial charge on any atom is -0.478 e. The summed E-state index contributed by atoms with van der Waals surface area (Å²) in [5.74, 6) is 0.144. The Bertz CT molecular complexity index is 1030. The van der Waals surface area contributed by atoms with Crippen LogP contribution in [0.3, 0.4) is 0 Å². The smallest absolute Gasteiger partial charge is 0.347 e. The van der Waals surface area contributed by atoms with Gasteiger partial charge in [-0.3, -0.25) is 4.98 Å². The van der Waals surface area contributed by atoms with Crippen molar-refractivity contribution in [2.75, 3.05) is 19.7 Å². The molecule has 0 spiro atoms. The van der Waals surface area contributed by atoms with Crippen LogP contribution >= 0.6 is 0 Å². The number of aromatic nitrogens is 1. The lowest BCUT2D eigenvalue weighted by atomic mass is 9.86. The Kier molecular flexibility index (Phi) is 6.82. The lowest BCUT2D eigenvalue weighted by Gasteiger charge is -2.27. The number of piperidine rings is 1. The number of carbonyl (C=O) groups is 2. The van der Waals surface area contributed by atoms with Gasteiger partial charge in [0.2, 0.25) is 5.60 Å². The van der Waals surface area contributed by atoms with Crippen LogP contribution in [0.25, 0.3) is 0 Å². The number of carboxylic acid groups (broad SMARTS) is 1. The zero-order valence-electron chi connectivity index (χ0n) is 18.0. The van der Waals surface area contributed by atoms with Crippen molar-refractivity contribution in [1.82, 2.24) is 10.3 Å². The highest BCUT2D eigenvalue weighted by Crippen LogP contribution is 2.48. The number of ether oxygens (including phenoxy) is 1. The Morgan fingerprint density at radius 3 is 1.97 bits per heavy atom. The van der Waals surface area contributed by atoms with Gasteiger partial charge in [0.15, 0.2) is 0 Å². The standard InChI is InChI=1S/C20H21NO3.C6H5NO2/c22-19(24-13-18-16-11-21-12-17(16)18)20(23,14-7-3-1-4-8-14)15-9-5-2-6-10-15;8-6(9)5-2-1-3-7-4-5/h1-10,16-18,21,23H,11-13H2;1-4H,(H,8,9)/t16-,17+,18?;. The van der Waals surface area contributed by atoms with Crippen molar-refractivity contribution in [2.24, 2.45) is 17.8 Å². The number of hydrogen-bond donors (Lipinski definition) is 3. The fourth-order valence-corrected chi connectivity index (χ4v) is 4.32. The molecule has 1 unspecified atom stereocenters. The van der Waals surface area contributed by atoms with Gasteiger partial charge in [0.05, 0.1) is 12.2 Å². The fraction of sp³-hybridized carbons (Fsp3) is 0.269. The van der Waals surface area contributed by atoms with Crippen molar-refractivity contribution in [2.45, 2.75) is 5.60 Å². The molecule has 1 aliphatic heterocycles. The summed E-state index contributed by atoms with van der Waals surface area (Å²) >= 11 is 0. The number of nitrogens with one attached hydrogen (secondary N) is 1. The number of fused-ring (bicyclic) bond motifs is 1. The van der Waals surface area contributed by atoms with Gasteiger partial charge in [0.1, 0.15) is 0 Å². The number of pyridine rings is 1. The summed E-state index contributed by atoms with van der Waals surface area (Å²) in [6, 6.07) is 21.1. The summed E-state index contributed by atoms with van der Waals surface area (Å²) in [4.78, 5) is 26.6. The predicted molar refractivity (Wildman–Crippen MR) is 121 cm³/mol. The molecular weight excluding hydrogens is 420 g/mol. The molecule has 2 fully saturated rings. The minimum atomic E-state index is -1.77. The maximum absolute atomic E-state index is 12.8. The first kappa shape index (κ1) is 22.6. The van der Waals surface area contributed by atoms with E-state index in [1.54, 1.807) is 30.3 Å². The van der Waals surface area contributed by atoms with Gasteiger partial charge in [-0.05, 0) is 48.2 Å². The second kappa shape index (κ2) is 9.94. The number of hydrogen-bond acceptors (Lipinski definition) is 6. The molecule has 3 N–H and O–H groups in total. The van der Waals surface area contributed by atoms with Crippen LogP contribution in [0.1, 0.15) is 21.5 Å². The summed E-state index contributed by atoms with van der Waals surface area (Å²) < 4.78 is 5.56. The third-order valence-corrected chi connectivity index (χ3v) is 6.26. The van der Waals surface area contributed by atoms with Crippen LogP contribution in [0.4, 0.5) is 0 Å². The van der Waals surface area contributed by atoms with Crippen LogP contribution in [0.15, 0.2) is 85.2 Å². The number of aromatic carboxylic acids is 1. The van der Waals surface area contributed by atoms with Crippen molar-refractivity contribution in [3.05, 3.63) is 102 Å². The number of rotatable bonds is 6. The molecular formula is C26H26N2O5. The van der Waals surface area contributed by atoms with E-state index in [0.29, 0.717) is 35.5 Å². The van der Waals surface area contributed by atoms with Crippen molar-refractivity contribution < 1.29 is 24.5 Å². The first-order valence-electron chi connectivity index (χ1n) is 10.9. The monoisotopic (exact) mass is 446 g/mol. The third kappa shape index (κ3) is 4.94. The molecule has 1 aliphatic carbocycles. The molecule has 1 saturated heterocycles. The lowest BCUT2D eigenvalue weighted by molar-refractivity contribution is -0.163. The summed E-state index contributed by atoms with van der Waals surface area (Å²) in [5, 5.41) is 22.9. The number of aliphatic hydroxyl groups is 1. The van der Waals surface area contributed by atoms with E-state index in [4.69, 9.17) is 9.84 Å². The van der Waals surface area contributed by atoms with Crippen LogP contribution in [-0.4, -0.2) is 46.8 Å². The molecule has 7 nitrogen and oxygen atoms in total. The Morgan fingerprint density at radius 2 is 1.52 bits per heavy atom. The Labute approximate surface area is 192 Å². The summed E-state index contributed by atoms with van der Waals surface area (Å²) in [5.41, 5.74) is -0.500. The normalized spacial score (nSPS) is 20.7. The molecule has 3 aromatic rings. The maximum Gasteiger partial charge on any atom is 0.347 e. The Hall–Kier alpha value is -3.55. The van der Waals surface area contributed by atoms with E-state index in [1.807, 2.05) is 36.4 Å². The van der Waals surface area contributed by atoms with Crippen LogP contribution in [0.5, 0.6) is 0 Å². The highest BCUT2D eigenvalue weighted by atomic mass is 16.5. The SMILES string of the molecule is O=C(O)c1cccnc1.O=C(OCC1[C@H]2CNC[C@@H]12)C(O)(c1ccccc1)c1ccccc1. The van der Waals surface area contributed by atoms with Crippen molar-refractivity contribution in [3.8, 4) is 0 Å². The third-order valence-electron chi connectivity index (χ3n) is 6.26. The number of carbonyl (C=O) groups excluding carboxylic acids is 1. The molecule has 0 bridgehead atoms. The number of esters is 1. The maximum atomic E-state index is 12.8. The van der Waals surface area contributed by atoms with Gasteiger partial charge >= 0.3 is 11.9 Å². The summed E-state index contributed by atoms with van der Waals surface area (Å²) in [6.07, 6.45) is 2.84. The molecule has 2 aromatic carbocycles. The van der Waals surface area contributed by atoms with E-state index in [1.165, 1.54) is 18.5 Å². The van der Waals surface area contributed by atoms with E-state index in [0.717, 1.165) is 13.1 Å². The fourth-order valence-electron chi connectivity index (χ4n) is 4.32. The van der Waals surface area contributed by atoms with Crippen LogP contribution in [0.2, 0.25) is 0 Å². The van der Waals surface area contributed by atoms with Gasteiger partial charge in [0, 0.05) is 18.3 Å². The summed E-state index contributed by atoms with van der Waals surface area (Å²) in [7, 11) is 0. The second-order valence-corrected chi connectivity index (χ2v) is 8.24. The largest absolute Gasteiger partial charge is 0.478 e. The van der Waals surface area contributed by atoms with Crippen molar-refractivity contribution in [3.63, 3.8) is 0 Å². The minimum absolute atomic E-state index is 0.220. The van der Waals surface area contributed by atoms with E-state index in [2.05, 4.69) is 10.3 Å². The van der Waals surface area contributed by atoms with Crippen LogP contribution < -0.4 is 5.32 Å². The second-order valence-electron chi connectivity index (χ2n) is 8.24. The highest BCUT2D eigenvalue weighted by Gasteiger charge is 2.54. The highest BCUT2D eigenvalue weighted by molar-refractivity contribution is 5.87. The molecule has 170 valence electrons. The van der Waals surface area contributed by atoms with Gasteiger partial charge in [-0.25, -0.2) is 9.59 Å². The number of benzene rings is 2. The molecule has 1 aromatic heterocycles. The zero-order chi connectivity index (χ0) is 23.3.